The molecule has 2 N–H and O–H groups in total. The Morgan fingerprint density at radius 1 is 1.25 bits per heavy atom. The van der Waals surface area contributed by atoms with Crippen molar-refractivity contribution in [1.29, 1.82) is 0 Å². The normalized spacial score (nSPS) is 17.5. The minimum atomic E-state index is -0.224. The molecule has 1 aliphatic rings. The molecule has 0 bridgehead atoms. The van der Waals surface area contributed by atoms with Crippen molar-refractivity contribution in [3.05, 3.63) is 0 Å². The summed E-state index contributed by atoms with van der Waals surface area (Å²) >= 11 is 0. The first-order valence-corrected chi connectivity index (χ1v) is 9.04. The van der Waals surface area contributed by atoms with Crippen molar-refractivity contribution in [3.8, 4) is 0 Å². The second kappa shape index (κ2) is 14.7. The molecule has 0 radical (unpaired) electrons. The third-order valence-corrected chi connectivity index (χ3v) is 3.90. The lowest BCUT2D eigenvalue weighted by Gasteiger charge is -2.20. The number of aliphatic hydroxyl groups is 1. The lowest BCUT2D eigenvalue weighted by atomic mass is 10.1. The second-order valence-corrected chi connectivity index (χ2v) is 5.95. The number of aliphatic imine (C=N–C) groups is 1. The van der Waals surface area contributed by atoms with Gasteiger partial charge in [0.15, 0.2) is 5.96 Å². The largest absolute Gasteiger partial charge is 0.466 e. The van der Waals surface area contributed by atoms with Crippen LogP contribution in [0.4, 0.5) is 0 Å². The van der Waals surface area contributed by atoms with Gasteiger partial charge < -0.3 is 20.1 Å². The molecule has 1 rings (SSSR count). The van der Waals surface area contributed by atoms with Crippen molar-refractivity contribution < 1.29 is 14.6 Å². The quantitative estimate of drug-likeness (QED) is 0.174. The van der Waals surface area contributed by atoms with Crippen LogP contribution in [0.15, 0.2) is 4.99 Å². The van der Waals surface area contributed by atoms with Crippen molar-refractivity contribution in [3.63, 3.8) is 0 Å². The highest BCUT2D eigenvalue weighted by molar-refractivity contribution is 14.0. The van der Waals surface area contributed by atoms with Gasteiger partial charge in [-0.1, -0.05) is 19.3 Å². The Morgan fingerprint density at radius 2 is 1.96 bits per heavy atom. The number of hydrogen-bond acceptors (Lipinski definition) is 4. The lowest BCUT2D eigenvalue weighted by Crippen LogP contribution is -2.40. The van der Waals surface area contributed by atoms with Crippen LogP contribution in [-0.2, 0) is 9.53 Å². The molecular formula is C17H34IN3O3. The second-order valence-electron chi connectivity index (χ2n) is 5.95. The monoisotopic (exact) mass is 455 g/mol. The van der Waals surface area contributed by atoms with Gasteiger partial charge in [0.25, 0.3) is 0 Å². The number of β-amino-alcohol motifs (C(OH)–C–C–N with tert-alkyl or cyclic N) is 1. The fraction of sp³-hybridized carbons (Fsp3) is 0.882. The fourth-order valence-electron chi connectivity index (χ4n) is 2.69. The number of carbonyl (C=O) groups excluding carboxylic acids is 1. The van der Waals surface area contributed by atoms with Crippen LogP contribution >= 0.6 is 24.0 Å². The molecule has 0 aromatic rings. The maximum absolute atomic E-state index is 11.2. The molecule has 0 spiro atoms. The van der Waals surface area contributed by atoms with E-state index in [1.54, 1.807) is 0 Å². The van der Waals surface area contributed by atoms with Gasteiger partial charge in [-0.05, 0) is 33.1 Å². The van der Waals surface area contributed by atoms with E-state index in [9.17, 15) is 9.90 Å². The molecule has 1 fully saturated rings. The number of nitrogens with zero attached hydrogens (tertiary/aromatic N) is 2. The number of halogens is 1. The van der Waals surface area contributed by atoms with Gasteiger partial charge in [-0.3, -0.25) is 9.79 Å². The van der Waals surface area contributed by atoms with Crippen LogP contribution in [0, 0.1) is 0 Å². The van der Waals surface area contributed by atoms with Crippen molar-refractivity contribution >= 4 is 35.9 Å². The Balaban J connectivity index is 0.00000529. The molecule has 0 unspecified atom stereocenters. The van der Waals surface area contributed by atoms with Crippen molar-refractivity contribution in [2.45, 2.75) is 64.9 Å². The van der Waals surface area contributed by atoms with Crippen LogP contribution in [-0.4, -0.2) is 60.8 Å². The molecule has 1 saturated heterocycles. The zero-order valence-electron chi connectivity index (χ0n) is 15.1. The molecular weight excluding hydrogens is 421 g/mol. The van der Waals surface area contributed by atoms with E-state index < -0.39 is 0 Å². The molecule has 0 amide bonds. The van der Waals surface area contributed by atoms with E-state index in [0.29, 0.717) is 19.6 Å². The minimum Gasteiger partial charge on any atom is -0.466 e. The topological polar surface area (TPSA) is 74.2 Å². The summed E-state index contributed by atoms with van der Waals surface area (Å²) in [5, 5.41) is 12.9. The van der Waals surface area contributed by atoms with Crippen LogP contribution in [0.5, 0.6) is 0 Å². The van der Waals surface area contributed by atoms with Crippen LogP contribution in [0.25, 0.3) is 0 Å². The van der Waals surface area contributed by atoms with Gasteiger partial charge in [0.2, 0.25) is 0 Å². The molecule has 142 valence electrons. The van der Waals surface area contributed by atoms with E-state index >= 15 is 0 Å². The number of unbranched alkanes of at least 4 members (excludes halogenated alkanes) is 4. The first-order chi connectivity index (χ1) is 11.2. The van der Waals surface area contributed by atoms with E-state index in [4.69, 9.17) is 4.74 Å². The summed E-state index contributed by atoms with van der Waals surface area (Å²) < 4.78 is 4.91. The van der Waals surface area contributed by atoms with E-state index in [1.807, 2.05) is 6.92 Å². The van der Waals surface area contributed by atoms with Crippen LogP contribution in [0.1, 0.15) is 58.8 Å². The Morgan fingerprint density at radius 3 is 2.58 bits per heavy atom. The summed E-state index contributed by atoms with van der Waals surface area (Å²) in [6.45, 7) is 7.58. The first kappa shape index (κ1) is 23.4. The van der Waals surface area contributed by atoms with Gasteiger partial charge in [-0.2, -0.15) is 0 Å². The van der Waals surface area contributed by atoms with Crippen LogP contribution in [0.3, 0.4) is 0 Å². The smallest absolute Gasteiger partial charge is 0.305 e. The standard InChI is InChI=1S/C17H33N3O3.HI/c1-3-18-17(20-13-11-15(21)14-20)19-12-9-7-5-6-8-10-16(22)23-4-2;/h15,21H,3-14H2,1-2H3,(H,18,19);1H/t15-;/m1./s1. The molecule has 0 aromatic heterocycles. The molecule has 1 aliphatic heterocycles. The van der Waals surface area contributed by atoms with E-state index in [1.165, 1.54) is 0 Å². The number of nitrogens with one attached hydrogen (secondary N) is 1. The lowest BCUT2D eigenvalue weighted by molar-refractivity contribution is -0.143. The Bertz CT molecular complexity index is 367. The number of hydrogen-bond donors (Lipinski definition) is 2. The highest BCUT2D eigenvalue weighted by Gasteiger charge is 2.22. The summed E-state index contributed by atoms with van der Waals surface area (Å²) in [7, 11) is 0. The zero-order valence-corrected chi connectivity index (χ0v) is 17.5. The van der Waals surface area contributed by atoms with Crippen LogP contribution in [0.2, 0.25) is 0 Å². The molecule has 6 nitrogen and oxygen atoms in total. The number of aliphatic hydroxyl groups excluding tert-OH is 1. The van der Waals surface area contributed by atoms with Gasteiger partial charge in [0.1, 0.15) is 0 Å². The zero-order chi connectivity index (χ0) is 16.9. The predicted molar refractivity (Wildman–Crippen MR) is 108 cm³/mol. The summed E-state index contributed by atoms with van der Waals surface area (Å²) in [5.74, 6) is 0.839. The van der Waals surface area contributed by atoms with Gasteiger partial charge in [0, 0.05) is 32.6 Å². The highest BCUT2D eigenvalue weighted by atomic mass is 127. The molecule has 0 aromatic carbocycles. The van der Waals surface area contributed by atoms with E-state index in [-0.39, 0.29) is 36.0 Å². The number of ether oxygens (including phenoxy) is 1. The van der Waals surface area contributed by atoms with Crippen molar-refractivity contribution in [2.75, 3.05) is 32.8 Å². The Labute approximate surface area is 163 Å². The maximum atomic E-state index is 11.2. The number of guanidine groups is 1. The molecule has 1 heterocycles. The number of esters is 1. The van der Waals surface area contributed by atoms with E-state index in [2.05, 4.69) is 22.1 Å². The highest BCUT2D eigenvalue weighted by Crippen LogP contribution is 2.10. The van der Waals surface area contributed by atoms with Crippen molar-refractivity contribution in [2.24, 2.45) is 4.99 Å². The number of rotatable bonds is 10. The van der Waals surface area contributed by atoms with Crippen LogP contribution < -0.4 is 5.32 Å². The minimum absolute atomic E-state index is 0. The average Bonchev–Trinajstić information content (AvgIpc) is 2.95. The molecule has 0 aliphatic carbocycles. The predicted octanol–water partition coefficient (Wildman–Crippen LogP) is 2.54. The van der Waals surface area contributed by atoms with Gasteiger partial charge >= 0.3 is 5.97 Å². The Kier molecular flexibility index (Phi) is 14.4. The molecule has 24 heavy (non-hydrogen) atoms. The third kappa shape index (κ3) is 10.3. The van der Waals surface area contributed by atoms with Gasteiger partial charge in [-0.15, -0.1) is 24.0 Å². The summed E-state index contributed by atoms with van der Waals surface area (Å²) in [6.07, 6.45) is 6.45. The van der Waals surface area contributed by atoms with Gasteiger partial charge in [0.05, 0.1) is 12.7 Å². The molecule has 0 saturated carbocycles. The summed E-state index contributed by atoms with van der Waals surface area (Å²) in [4.78, 5) is 18.0. The SMILES string of the molecule is CCNC(=NCCCCCCCC(=O)OCC)N1CC[C@@H](O)C1.I. The third-order valence-electron chi connectivity index (χ3n) is 3.90. The number of carbonyl (C=O) groups is 1. The average molecular weight is 455 g/mol. The fourth-order valence-corrected chi connectivity index (χ4v) is 2.69. The van der Waals surface area contributed by atoms with Crippen molar-refractivity contribution in [1.82, 2.24) is 10.2 Å². The maximum Gasteiger partial charge on any atom is 0.305 e. The number of likely N-dealkylation sites (tertiary alicyclic amines) is 1. The van der Waals surface area contributed by atoms with Gasteiger partial charge in [-0.25, -0.2) is 0 Å². The van der Waals surface area contributed by atoms with E-state index in [0.717, 1.165) is 64.1 Å². The summed E-state index contributed by atoms with van der Waals surface area (Å²) in [5.41, 5.74) is 0. The molecule has 7 heteroatoms. The molecule has 1 atom stereocenters. The first-order valence-electron chi connectivity index (χ1n) is 9.04. The Hall–Kier alpha value is -0.570. The summed E-state index contributed by atoms with van der Waals surface area (Å²) in [6, 6.07) is 0.